The average Bonchev–Trinajstić information content (AvgIpc) is 3.39. The Balaban J connectivity index is 1.86. The lowest BCUT2D eigenvalue weighted by Crippen LogP contribution is -2.12. The zero-order valence-electron chi connectivity index (χ0n) is 12.7. The van der Waals surface area contributed by atoms with Crippen molar-refractivity contribution in [2.45, 2.75) is 25.3 Å². The summed E-state index contributed by atoms with van der Waals surface area (Å²) >= 11 is 6.26. The summed E-state index contributed by atoms with van der Waals surface area (Å²) in [5.41, 5.74) is 7.51. The number of benzene rings is 1. The van der Waals surface area contributed by atoms with Gasteiger partial charge in [0.1, 0.15) is 16.7 Å². The van der Waals surface area contributed by atoms with Gasteiger partial charge in [0.2, 0.25) is 0 Å². The first-order valence-corrected chi connectivity index (χ1v) is 7.70. The predicted octanol–water partition coefficient (Wildman–Crippen LogP) is 2.99. The van der Waals surface area contributed by atoms with Crippen LogP contribution < -0.4 is 11.1 Å². The topological polar surface area (TPSA) is 90.1 Å². The highest BCUT2D eigenvalue weighted by molar-refractivity contribution is 6.35. The van der Waals surface area contributed by atoms with Gasteiger partial charge in [-0.3, -0.25) is 0 Å². The molecule has 1 aliphatic carbocycles. The molecule has 0 spiro atoms. The number of esters is 1. The van der Waals surface area contributed by atoms with E-state index in [2.05, 4.69) is 15.3 Å². The van der Waals surface area contributed by atoms with Crippen molar-refractivity contribution in [3.63, 3.8) is 0 Å². The molecule has 6 nitrogen and oxygen atoms in total. The van der Waals surface area contributed by atoms with E-state index in [0.29, 0.717) is 29.8 Å². The molecule has 1 saturated carbocycles. The molecule has 0 amide bonds. The van der Waals surface area contributed by atoms with E-state index in [0.717, 1.165) is 18.4 Å². The van der Waals surface area contributed by atoms with Crippen molar-refractivity contribution >= 4 is 29.1 Å². The van der Waals surface area contributed by atoms with Crippen LogP contribution in [0.3, 0.4) is 0 Å². The summed E-state index contributed by atoms with van der Waals surface area (Å²) in [5, 5.41) is 3.34. The van der Waals surface area contributed by atoms with Crippen molar-refractivity contribution in [3.8, 4) is 0 Å². The summed E-state index contributed by atoms with van der Waals surface area (Å²) < 4.78 is 4.75. The van der Waals surface area contributed by atoms with Crippen LogP contribution in [0.5, 0.6) is 0 Å². The third-order valence-corrected chi connectivity index (χ3v) is 3.99. The Morgan fingerprint density at radius 3 is 2.65 bits per heavy atom. The van der Waals surface area contributed by atoms with Crippen molar-refractivity contribution < 1.29 is 9.53 Å². The van der Waals surface area contributed by atoms with Crippen molar-refractivity contribution in [1.82, 2.24) is 9.97 Å². The number of carbonyl (C=O) groups is 1. The minimum atomic E-state index is -0.560. The van der Waals surface area contributed by atoms with Gasteiger partial charge in [-0.25, -0.2) is 14.8 Å². The van der Waals surface area contributed by atoms with E-state index in [-0.39, 0.29) is 10.7 Å². The number of nitrogens with one attached hydrogen (secondary N) is 1. The number of halogens is 1. The molecule has 3 N–H and O–H groups in total. The highest BCUT2D eigenvalue weighted by Crippen LogP contribution is 2.39. The van der Waals surface area contributed by atoms with Gasteiger partial charge in [0.05, 0.1) is 7.11 Å². The molecule has 0 aliphatic heterocycles. The minimum absolute atomic E-state index is 0.103. The molecule has 0 saturated heterocycles. The van der Waals surface area contributed by atoms with Gasteiger partial charge in [0.25, 0.3) is 0 Å². The molecule has 7 heteroatoms. The molecule has 1 fully saturated rings. The summed E-state index contributed by atoms with van der Waals surface area (Å²) in [6.45, 7) is 0.516. The Bertz CT molecular complexity index is 730. The molecule has 0 atom stereocenters. The van der Waals surface area contributed by atoms with Gasteiger partial charge >= 0.3 is 5.97 Å². The number of hydrogen-bond donors (Lipinski definition) is 2. The number of anilines is 2. The maximum absolute atomic E-state index is 11.9. The molecule has 23 heavy (non-hydrogen) atoms. The fraction of sp³-hybridized carbons (Fsp3) is 0.312. The van der Waals surface area contributed by atoms with Crippen LogP contribution >= 0.6 is 11.6 Å². The van der Waals surface area contributed by atoms with E-state index in [4.69, 9.17) is 22.1 Å². The van der Waals surface area contributed by atoms with Gasteiger partial charge in [-0.15, -0.1) is 0 Å². The van der Waals surface area contributed by atoms with E-state index < -0.39 is 5.97 Å². The number of aromatic nitrogens is 2. The van der Waals surface area contributed by atoms with Crippen LogP contribution in [0.4, 0.5) is 11.5 Å². The van der Waals surface area contributed by atoms with Gasteiger partial charge in [-0.2, -0.15) is 0 Å². The summed E-state index contributed by atoms with van der Waals surface area (Å²) in [6, 6.07) is 7.49. The first kappa shape index (κ1) is 15.6. The number of ether oxygens (including phenoxy) is 1. The molecule has 1 aromatic heterocycles. The number of methoxy groups -OCH3 is 1. The normalized spacial score (nSPS) is 13.7. The van der Waals surface area contributed by atoms with Crippen LogP contribution in [0.2, 0.25) is 5.02 Å². The van der Waals surface area contributed by atoms with Crippen LogP contribution in [-0.4, -0.2) is 23.0 Å². The highest BCUT2D eigenvalue weighted by atomic mass is 35.5. The zero-order valence-corrected chi connectivity index (χ0v) is 13.4. The van der Waals surface area contributed by atoms with Crippen LogP contribution in [0, 0.1) is 0 Å². The van der Waals surface area contributed by atoms with Crippen molar-refractivity contribution in [2.24, 2.45) is 0 Å². The Morgan fingerprint density at radius 2 is 2.04 bits per heavy atom. The Labute approximate surface area is 139 Å². The average molecular weight is 333 g/mol. The lowest BCUT2D eigenvalue weighted by Gasteiger charge is -2.12. The van der Waals surface area contributed by atoms with Gasteiger partial charge in [0, 0.05) is 18.2 Å². The first-order valence-electron chi connectivity index (χ1n) is 7.32. The Kier molecular flexibility index (Phi) is 4.34. The largest absolute Gasteiger partial charge is 0.464 e. The van der Waals surface area contributed by atoms with Crippen molar-refractivity contribution in [2.75, 3.05) is 18.2 Å². The summed E-state index contributed by atoms with van der Waals surface area (Å²) in [5.74, 6) is 0.818. The molecular formula is C16H17ClN4O2. The maximum Gasteiger partial charge on any atom is 0.358 e. The highest BCUT2D eigenvalue weighted by Gasteiger charge is 2.30. The molecule has 1 aromatic carbocycles. The van der Waals surface area contributed by atoms with Crippen LogP contribution in [0.25, 0.3) is 0 Å². The molecule has 0 bridgehead atoms. The molecule has 2 aromatic rings. The summed E-state index contributed by atoms with van der Waals surface area (Å²) in [7, 11) is 1.30. The third-order valence-electron chi connectivity index (χ3n) is 3.63. The molecule has 1 aliphatic rings. The molecule has 0 unspecified atom stereocenters. The number of rotatable bonds is 5. The van der Waals surface area contributed by atoms with Crippen molar-refractivity contribution in [1.29, 1.82) is 0 Å². The zero-order chi connectivity index (χ0) is 16.4. The third kappa shape index (κ3) is 3.53. The summed E-state index contributed by atoms with van der Waals surface area (Å²) in [4.78, 5) is 20.6. The fourth-order valence-corrected chi connectivity index (χ4v) is 2.39. The van der Waals surface area contributed by atoms with Gasteiger partial charge in [-0.1, -0.05) is 23.7 Å². The van der Waals surface area contributed by atoms with E-state index in [9.17, 15) is 4.79 Å². The molecule has 3 rings (SSSR count). The number of carbonyl (C=O) groups excluding carboxylic acids is 1. The number of hydrogen-bond acceptors (Lipinski definition) is 6. The van der Waals surface area contributed by atoms with E-state index >= 15 is 0 Å². The number of nitrogens with zero attached hydrogens (tertiary/aromatic N) is 2. The lowest BCUT2D eigenvalue weighted by molar-refractivity contribution is 0.0593. The second-order valence-electron chi connectivity index (χ2n) is 5.45. The SMILES string of the molecule is COC(=O)c1nc(C2CC2)nc(NCc2ccc(N)cc2)c1Cl. The van der Waals surface area contributed by atoms with Crippen LogP contribution in [0.1, 0.15) is 40.6 Å². The monoisotopic (exact) mass is 332 g/mol. The number of nitrogens with two attached hydrogens (primary N) is 1. The Hall–Kier alpha value is -2.34. The van der Waals surface area contributed by atoms with E-state index in [1.807, 2.05) is 24.3 Å². The quantitative estimate of drug-likeness (QED) is 0.646. The fourth-order valence-electron chi connectivity index (χ4n) is 2.16. The second-order valence-corrected chi connectivity index (χ2v) is 5.83. The van der Waals surface area contributed by atoms with E-state index in [1.54, 1.807) is 0 Å². The lowest BCUT2D eigenvalue weighted by atomic mass is 10.2. The molecule has 0 radical (unpaired) electrons. The van der Waals surface area contributed by atoms with E-state index in [1.165, 1.54) is 7.11 Å². The Morgan fingerprint density at radius 1 is 1.35 bits per heavy atom. The standard InChI is InChI=1S/C16H17ClN4O2/c1-23-16(22)13-12(17)15(21-14(20-13)10-4-5-10)19-8-9-2-6-11(18)7-3-9/h2-3,6-7,10H,4-5,8,18H2,1H3,(H,19,20,21). The van der Waals surface area contributed by atoms with Crippen LogP contribution in [-0.2, 0) is 11.3 Å². The molecular weight excluding hydrogens is 316 g/mol. The first-order chi connectivity index (χ1) is 11.1. The van der Waals surface area contributed by atoms with Gasteiger partial charge < -0.3 is 15.8 Å². The van der Waals surface area contributed by atoms with Gasteiger partial charge in [0.15, 0.2) is 5.69 Å². The van der Waals surface area contributed by atoms with Crippen molar-refractivity contribution in [3.05, 3.63) is 46.4 Å². The predicted molar refractivity (Wildman–Crippen MR) is 88.5 cm³/mol. The molecule has 1 heterocycles. The van der Waals surface area contributed by atoms with Gasteiger partial charge in [-0.05, 0) is 30.5 Å². The van der Waals surface area contributed by atoms with Crippen LogP contribution in [0.15, 0.2) is 24.3 Å². The number of nitrogen functional groups attached to an aromatic ring is 1. The maximum atomic E-state index is 11.9. The smallest absolute Gasteiger partial charge is 0.358 e. The molecule has 120 valence electrons. The summed E-state index contributed by atoms with van der Waals surface area (Å²) in [6.07, 6.45) is 2.05. The minimum Gasteiger partial charge on any atom is -0.464 e. The second kappa shape index (κ2) is 6.42.